The minimum atomic E-state index is -0.438. The van der Waals surface area contributed by atoms with Gasteiger partial charge >= 0.3 is 6.09 Å². The van der Waals surface area contributed by atoms with Crippen LogP contribution in [0.25, 0.3) is 0 Å². The zero-order chi connectivity index (χ0) is 14.9. The quantitative estimate of drug-likeness (QED) is 0.795. The second kappa shape index (κ2) is 5.31. The van der Waals surface area contributed by atoms with Crippen LogP contribution in [0.5, 0.6) is 0 Å². The molecule has 0 saturated carbocycles. The molecule has 1 rings (SSSR count). The Morgan fingerprint density at radius 3 is 1.95 bits per heavy atom. The fourth-order valence-electron chi connectivity index (χ4n) is 2.35. The van der Waals surface area contributed by atoms with E-state index in [1.165, 1.54) is 0 Å². The number of rotatable bonds is 1. The molecular weight excluding hydrogens is 240 g/mol. The molecule has 0 bridgehead atoms. The van der Waals surface area contributed by atoms with E-state index in [0.717, 1.165) is 25.9 Å². The third-order valence-corrected chi connectivity index (χ3v) is 3.62. The van der Waals surface area contributed by atoms with Crippen LogP contribution in [0.15, 0.2) is 0 Å². The summed E-state index contributed by atoms with van der Waals surface area (Å²) in [5, 5.41) is 3.04. The number of alkyl carbamates (subject to hydrolysis) is 1. The van der Waals surface area contributed by atoms with Crippen molar-refractivity contribution in [2.45, 2.75) is 78.0 Å². The van der Waals surface area contributed by atoms with Crippen molar-refractivity contribution < 1.29 is 9.53 Å². The van der Waals surface area contributed by atoms with Crippen molar-refractivity contribution in [3.05, 3.63) is 0 Å². The predicted molar refractivity (Wildman–Crippen MR) is 78.3 cm³/mol. The summed E-state index contributed by atoms with van der Waals surface area (Å²) in [6.07, 6.45) is 1.62. The molecule has 1 aliphatic rings. The molecule has 0 unspecified atom stereocenters. The maximum absolute atomic E-state index is 11.9. The Morgan fingerprint density at radius 1 is 1.11 bits per heavy atom. The zero-order valence-corrected chi connectivity index (χ0v) is 13.6. The molecule has 112 valence electrons. The van der Waals surface area contributed by atoms with Gasteiger partial charge in [0.05, 0.1) is 0 Å². The second-order valence-electron chi connectivity index (χ2n) is 7.85. The van der Waals surface area contributed by atoms with Gasteiger partial charge in [0.1, 0.15) is 5.60 Å². The van der Waals surface area contributed by atoms with Gasteiger partial charge in [0, 0.05) is 24.2 Å². The second-order valence-corrected chi connectivity index (χ2v) is 7.85. The number of nitrogens with one attached hydrogen (secondary N) is 1. The highest BCUT2D eigenvalue weighted by Crippen LogP contribution is 2.27. The molecule has 0 spiro atoms. The van der Waals surface area contributed by atoms with Crippen molar-refractivity contribution >= 4 is 6.09 Å². The maximum atomic E-state index is 11.9. The first-order valence-corrected chi connectivity index (χ1v) is 7.18. The summed E-state index contributed by atoms with van der Waals surface area (Å²) in [7, 11) is 0. The zero-order valence-electron chi connectivity index (χ0n) is 13.6. The number of carbonyl (C=O) groups is 1. The molecule has 0 aliphatic carbocycles. The largest absolute Gasteiger partial charge is 0.444 e. The highest BCUT2D eigenvalue weighted by Gasteiger charge is 2.35. The summed E-state index contributed by atoms with van der Waals surface area (Å²) in [5.74, 6) is 0. The lowest BCUT2D eigenvalue weighted by Crippen LogP contribution is -2.57. The van der Waals surface area contributed by atoms with Gasteiger partial charge in [0.25, 0.3) is 0 Å². The summed E-state index contributed by atoms with van der Waals surface area (Å²) in [6, 6.07) is 0. The third kappa shape index (κ3) is 5.39. The number of piperidine rings is 1. The third-order valence-electron chi connectivity index (χ3n) is 3.62. The van der Waals surface area contributed by atoms with Gasteiger partial charge < -0.3 is 10.1 Å². The monoisotopic (exact) mass is 270 g/mol. The van der Waals surface area contributed by atoms with E-state index in [1.54, 1.807) is 0 Å². The number of likely N-dealkylation sites (tertiary alicyclic amines) is 1. The van der Waals surface area contributed by atoms with Crippen molar-refractivity contribution in [2.24, 2.45) is 0 Å². The van der Waals surface area contributed by atoms with E-state index in [2.05, 4.69) is 37.9 Å². The Bertz CT molecular complexity index is 318. The van der Waals surface area contributed by atoms with E-state index in [-0.39, 0.29) is 17.2 Å². The maximum Gasteiger partial charge on any atom is 0.408 e. The molecule has 1 fully saturated rings. The van der Waals surface area contributed by atoms with Gasteiger partial charge in [-0.2, -0.15) is 0 Å². The topological polar surface area (TPSA) is 41.6 Å². The van der Waals surface area contributed by atoms with Crippen molar-refractivity contribution in [1.82, 2.24) is 10.2 Å². The Hall–Kier alpha value is -0.770. The van der Waals surface area contributed by atoms with E-state index < -0.39 is 5.60 Å². The van der Waals surface area contributed by atoms with Crippen molar-refractivity contribution in [1.29, 1.82) is 0 Å². The Morgan fingerprint density at radius 2 is 1.58 bits per heavy atom. The molecule has 1 N–H and O–H groups in total. The smallest absolute Gasteiger partial charge is 0.408 e. The van der Waals surface area contributed by atoms with Gasteiger partial charge in [0.2, 0.25) is 0 Å². The number of ether oxygens (including phenoxy) is 1. The summed E-state index contributed by atoms with van der Waals surface area (Å²) >= 11 is 0. The lowest BCUT2D eigenvalue weighted by Gasteiger charge is -2.45. The van der Waals surface area contributed by atoms with Crippen LogP contribution in [0.3, 0.4) is 0 Å². The number of amides is 1. The summed E-state index contributed by atoms with van der Waals surface area (Å²) < 4.78 is 5.34. The average molecular weight is 270 g/mol. The Kier molecular flexibility index (Phi) is 4.55. The fraction of sp³-hybridized carbons (Fsp3) is 0.933. The molecule has 1 aliphatic heterocycles. The summed E-state index contributed by atoms with van der Waals surface area (Å²) in [4.78, 5) is 14.3. The van der Waals surface area contributed by atoms with Crippen LogP contribution in [-0.4, -0.2) is 40.8 Å². The van der Waals surface area contributed by atoms with Crippen molar-refractivity contribution in [3.63, 3.8) is 0 Å². The lowest BCUT2D eigenvalue weighted by atomic mass is 9.87. The Labute approximate surface area is 117 Å². The molecule has 19 heavy (non-hydrogen) atoms. The van der Waals surface area contributed by atoms with E-state index in [4.69, 9.17) is 4.74 Å². The minimum Gasteiger partial charge on any atom is -0.444 e. The van der Waals surface area contributed by atoms with Crippen LogP contribution in [0.4, 0.5) is 4.79 Å². The number of carbonyl (C=O) groups excluding carboxylic acids is 1. The number of hydrogen-bond donors (Lipinski definition) is 1. The van der Waals surface area contributed by atoms with Gasteiger partial charge in [-0.1, -0.05) is 0 Å². The first-order chi connectivity index (χ1) is 8.41. The van der Waals surface area contributed by atoms with Crippen molar-refractivity contribution in [3.8, 4) is 0 Å². The molecule has 1 heterocycles. The molecule has 0 aromatic heterocycles. The fourth-order valence-corrected chi connectivity index (χ4v) is 2.35. The molecular formula is C15H30N2O2. The van der Waals surface area contributed by atoms with Crippen molar-refractivity contribution in [2.75, 3.05) is 13.1 Å². The lowest BCUT2D eigenvalue weighted by molar-refractivity contribution is 0.0326. The van der Waals surface area contributed by atoms with E-state index >= 15 is 0 Å². The van der Waals surface area contributed by atoms with E-state index in [9.17, 15) is 4.79 Å². The van der Waals surface area contributed by atoms with E-state index in [0.29, 0.717) is 0 Å². The number of nitrogens with zero attached hydrogens (tertiary/aromatic N) is 1. The molecule has 0 atom stereocenters. The molecule has 1 saturated heterocycles. The predicted octanol–water partition coefficient (Wildman–Crippen LogP) is 3.16. The highest BCUT2D eigenvalue weighted by atomic mass is 16.6. The first-order valence-electron chi connectivity index (χ1n) is 7.18. The van der Waals surface area contributed by atoms with Gasteiger partial charge in [-0.3, -0.25) is 4.90 Å². The molecule has 0 radical (unpaired) electrons. The molecule has 4 nitrogen and oxygen atoms in total. The molecule has 1 amide bonds. The van der Waals surface area contributed by atoms with Gasteiger partial charge in [-0.05, 0) is 61.3 Å². The van der Waals surface area contributed by atoms with Gasteiger partial charge in [-0.25, -0.2) is 4.79 Å². The van der Waals surface area contributed by atoms with Crippen LogP contribution >= 0.6 is 0 Å². The van der Waals surface area contributed by atoms with Gasteiger partial charge in [-0.15, -0.1) is 0 Å². The minimum absolute atomic E-state index is 0.149. The molecule has 0 aromatic carbocycles. The Balaban J connectivity index is 2.50. The van der Waals surface area contributed by atoms with Crippen LogP contribution < -0.4 is 5.32 Å². The standard InChI is InChI=1S/C15H30N2O2/c1-13(2,3)17-10-8-15(7,9-11-17)16-12(18)19-14(4,5)6/h8-11H2,1-7H3,(H,16,18). The van der Waals surface area contributed by atoms with E-state index in [1.807, 2.05) is 20.8 Å². The number of hydrogen-bond acceptors (Lipinski definition) is 3. The van der Waals surface area contributed by atoms with Crippen LogP contribution in [0, 0.1) is 0 Å². The molecule has 0 aromatic rings. The van der Waals surface area contributed by atoms with Crippen LogP contribution in [-0.2, 0) is 4.74 Å². The summed E-state index contributed by atoms with van der Waals surface area (Å²) in [5.41, 5.74) is -0.385. The molecule has 4 heteroatoms. The highest BCUT2D eigenvalue weighted by molar-refractivity contribution is 5.68. The SMILES string of the molecule is CC1(NC(=O)OC(C)(C)C)CCN(C(C)(C)C)CC1. The van der Waals surface area contributed by atoms with Crippen LogP contribution in [0.1, 0.15) is 61.3 Å². The van der Waals surface area contributed by atoms with Gasteiger partial charge in [0.15, 0.2) is 0 Å². The first kappa shape index (κ1) is 16.3. The normalized spacial score (nSPS) is 21.0. The summed E-state index contributed by atoms with van der Waals surface area (Å²) in [6.45, 7) is 16.5. The van der Waals surface area contributed by atoms with Crippen LogP contribution in [0.2, 0.25) is 0 Å². The average Bonchev–Trinajstić information content (AvgIpc) is 2.11.